The van der Waals surface area contributed by atoms with Gasteiger partial charge in [-0.05, 0) is 40.5 Å². The third-order valence-electron chi connectivity index (χ3n) is 3.67. The molecule has 1 aliphatic heterocycles. The molecule has 7 heteroatoms. The van der Waals surface area contributed by atoms with Crippen LogP contribution >= 0.6 is 22.6 Å². The van der Waals surface area contributed by atoms with E-state index in [1.807, 2.05) is 50.3 Å². The Hall–Kier alpha value is 0.0400. The monoisotopic (exact) mass is 415 g/mol. The van der Waals surface area contributed by atoms with Crippen molar-refractivity contribution in [3.05, 3.63) is 0 Å². The highest BCUT2D eigenvalue weighted by molar-refractivity contribution is 14.1. The van der Waals surface area contributed by atoms with Crippen LogP contribution in [0.2, 0.25) is 0 Å². The molecule has 0 aromatic carbocycles. The van der Waals surface area contributed by atoms with Crippen LogP contribution in [0.4, 0.5) is 0 Å². The molecule has 21 heavy (non-hydrogen) atoms. The highest BCUT2D eigenvalue weighted by Gasteiger charge is 2.45. The number of piperidine rings is 1. The molecule has 1 fully saturated rings. The first-order valence-electron chi connectivity index (χ1n) is 7.09. The maximum Gasteiger partial charge on any atom is 0.315 e. The fourth-order valence-electron chi connectivity index (χ4n) is 2.82. The first kappa shape index (κ1) is 19.1. The highest BCUT2D eigenvalue weighted by Crippen LogP contribution is 2.37. The van der Waals surface area contributed by atoms with E-state index < -0.39 is 6.10 Å². The summed E-state index contributed by atoms with van der Waals surface area (Å²) in [5.41, 5.74) is -0.768. The molecule has 1 aliphatic rings. The number of hydroxylamine groups is 2. The number of esters is 1. The number of carbonyl (C=O) groups excluding carboxylic acids is 1. The van der Waals surface area contributed by atoms with Gasteiger partial charge in [0.05, 0.1) is 17.1 Å². The van der Waals surface area contributed by atoms with Gasteiger partial charge in [0.2, 0.25) is 0 Å². The van der Waals surface area contributed by atoms with Gasteiger partial charge in [-0.1, -0.05) is 22.6 Å². The Morgan fingerprint density at radius 3 is 2.29 bits per heavy atom. The van der Waals surface area contributed by atoms with Gasteiger partial charge >= 0.3 is 5.97 Å². The van der Waals surface area contributed by atoms with E-state index in [9.17, 15) is 15.1 Å². The Kier molecular flexibility index (Phi) is 6.85. The van der Waals surface area contributed by atoms with Crippen LogP contribution in [-0.4, -0.2) is 62.3 Å². The van der Waals surface area contributed by atoms with Gasteiger partial charge in [-0.15, -0.1) is 0 Å². The van der Waals surface area contributed by atoms with Crippen molar-refractivity contribution in [2.24, 2.45) is 0 Å². The third-order valence-corrected chi connectivity index (χ3v) is 4.29. The summed E-state index contributed by atoms with van der Waals surface area (Å²) in [4.78, 5) is 11.0. The molecular weight excluding hydrogens is 389 g/mol. The van der Waals surface area contributed by atoms with Crippen LogP contribution in [0.1, 0.15) is 40.5 Å². The predicted molar refractivity (Wildman–Crippen MR) is 86.6 cm³/mol. The molecule has 0 radical (unpaired) electrons. The second-order valence-corrected chi connectivity index (χ2v) is 7.53. The smallest absolute Gasteiger partial charge is 0.315 e. The second-order valence-electron chi connectivity index (χ2n) is 6.77. The molecule has 1 saturated heterocycles. The molecule has 1 unspecified atom stereocenters. The van der Waals surface area contributed by atoms with E-state index in [4.69, 9.17) is 9.47 Å². The van der Waals surface area contributed by atoms with Crippen LogP contribution in [0.5, 0.6) is 0 Å². The first-order chi connectivity index (χ1) is 9.58. The fraction of sp³-hybridized carbons (Fsp3) is 0.929. The normalized spacial score (nSPS) is 23.8. The summed E-state index contributed by atoms with van der Waals surface area (Å²) in [7, 11) is 0. The van der Waals surface area contributed by atoms with Crippen molar-refractivity contribution in [2.45, 2.75) is 63.8 Å². The van der Waals surface area contributed by atoms with Crippen LogP contribution in [0.15, 0.2) is 0 Å². The van der Waals surface area contributed by atoms with Crippen molar-refractivity contribution in [1.29, 1.82) is 0 Å². The quantitative estimate of drug-likeness (QED) is 0.391. The lowest BCUT2D eigenvalue weighted by atomic mass is 9.80. The average Bonchev–Trinajstić information content (AvgIpc) is 2.39. The van der Waals surface area contributed by atoms with Crippen molar-refractivity contribution in [1.82, 2.24) is 5.06 Å². The van der Waals surface area contributed by atoms with Crippen LogP contribution < -0.4 is 0 Å². The zero-order valence-electron chi connectivity index (χ0n) is 13.1. The van der Waals surface area contributed by atoms with E-state index in [1.165, 1.54) is 5.06 Å². The number of alkyl halides is 1. The van der Waals surface area contributed by atoms with Crippen LogP contribution in [0.25, 0.3) is 0 Å². The number of hydrogen-bond acceptors (Lipinski definition) is 6. The minimum absolute atomic E-state index is 0.0478. The average molecular weight is 415 g/mol. The van der Waals surface area contributed by atoms with E-state index in [2.05, 4.69) is 0 Å². The van der Waals surface area contributed by atoms with Crippen molar-refractivity contribution in [3.8, 4) is 0 Å². The van der Waals surface area contributed by atoms with Gasteiger partial charge < -0.3 is 19.8 Å². The molecule has 0 aromatic heterocycles. The molecule has 0 bridgehead atoms. The molecule has 1 atom stereocenters. The van der Waals surface area contributed by atoms with E-state index in [0.717, 1.165) is 0 Å². The lowest BCUT2D eigenvalue weighted by Gasteiger charge is -2.51. The number of halogens is 1. The maximum atomic E-state index is 11.0. The van der Waals surface area contributed by atoms with Crippen LogP contribution in [0.3, 0.4) is 0 Å². The molecule has 6 nitrogen and oxygen atoms in total. The number of ether oxygens (including phenoxy) is 2. The number of aliphatic hydroxyl groups is 1. The van der Waals surface area contributed by atoms with E-state index in [0.29, 0.717) is 12.8 Å². The minimum Gasteiger partial charge on any atom is -0.462 e. The molecule has 0 aromatic rings. The van der Waals surface area contributed by atoms with Crippen LogP contribution in [0, 0.1) is 0 Å². The SMILES string of the molecule is CC1(C)CC(OCC(O)COC(=O)CI)CC(C)(C)N1O. The van der Waals surface area contributed by atoms with Gasteiger partial charge in [0.15, 0.2) is 0 Å². The zero-order valence-corrected chi connectivity index (χ0v) is 15.3. The molecule has 0 spiro atoms. The Balaban J connectivity index is 2.43. The highest BCUT2D eigenvalue weighted by atomic mass is 127. The molecule has 124 valence electrons. The fourth-order valence-corrected chi connectivity index (χ4v) is 3.04. The topological polar surface area (TPSA) is 79.2 Å². The number of carbonyl (C=O) groups is 1. The van der Waals surface area contributed by atoms with Gasteiger partial charge in [-0.25, -0.2) is 0 Å². The molecule has 0 saturated carbocycles. The predicted octanol–water partition coefficient (Wildman–Crippen LogP) is 1.75. The minimum atomic E-state index is -0.824. The standard InChI is InChI=1S/C14H26INO5/c1-13(2)5-11(6-14(3,4)16(13)19)20-8-10(17)9-21-12(18)7-15/h10-11,17,19H,5-9H2,1-4H3. The summed E-state index contributed by atoms with van der Waals surface area (Å²) in [5, 5.41) is 21.4. The zero-order chi connectivity index (χ0) is 16.3. The van der Waals surface area contributed by atoms with Crippen molar-refractivity contribution in [2.75, 3.05) is 17.6 Å². The van der Waals surface area contributed by atoms with Gasteiger partial charge in [0.25, 0.3) is 0 Å². The van der Waals surface area contributed by atoms with Crippen molar-refractivity contribution >= 4 is 28.6 Å². The Labute approximate surface area is 139 Å². The van der Waals surface area contributed by atoms with Gasteiger partial charge in [0.1, 0.15) is 12.7 Å². The summed E-state index contributed by atoms with van der Waals surface area (Å²) in [6.07, 6.45) is 0.476. The Bertz CT molecular complexity index is 343. The van der Waals surface area contributed by atoms with E-state index in [-0.39, 0.29) is 40.8 Å². The molecule has 2 N–H and O–H groups in total. The summed E-state index contributed by atoms with van der Waals surface area (Å²) >= 11 is 1.91. The molecule has 1 rings (SSSR count). The van der Waals surface area contributed by atoms with Crippen molar-refractivity contribution in [3.63, 3.8) is 0 Å². The second kappa shape index (κ2) is 7.54. The molecule has 1 heterocycles. The summed E-state index contributed by atoms with van der Waals surface area (Å²) in [6, 6.07) is 0. The molecule has 0 aliphatic carbocycles. The summed E-state index contributed by atoms with van der Waals surface area (Å²) in [6.45, 7) is 7.92. The Morgan fingerprint density at radius 2 is 1.81 bits per heavy atom. The largest absolute Gasteiger partial charge is 0.462 e. The van der Waals surface area contributed by atoms with E-state index >= 15 is 0 Å². The molecule has 0 amide bonds. The summed E-state index contributed by atoms with van der Waals surface area (Å²) in [5.74, 6) is -0.342. The maximum absolute atomic E-state index is 11.0. The lowest BCUT2D eigenvalue weighted by Crippen LogP contribution is -2.60. The van der Waals surface area contributed by atoms with Crippen LogP contribution in [-0.2, 0) is 14.3 Å². The summed E-state index contributed by atoms with van der Waals surface area (Å²) < 4.78 is 10.9. The lowest BCUT2D eigenvalue weighted by molar-refractivity contribution is -0.262. The number of rotatable bonds is 6. The molecular formula is C14H26INO5. The van der Waals surface area contributed by atoms with E-state index in [1.54, 1.807) is 0 Å². The van der Waals surface area contributed by atoms with Gasteiger partial charge in [-0.2, -0.15) is 5.06 Å². The first-order valence-corrected chi connectivity index (χ1v) is 8.61. The number of aliphatic hydroxyl groups excluding tert-OH is 1. The number of hydrogen-bond donors (Lipinski definition) is 2. The van der Waals surface area contributed by atoms with Gasteiger partial charge in [-0.3, -0.25) is 4.79 Å². The van der Waals surface area contributed by atoms with Crippen molar-refractivity contribution < 1.29 is 24.6 Å². The Morgan fingerprint density at radius 1 is 1.29 bits per heavy atom. The van der Waals surface area contributed by atoms with Gasteiger partial charge in [0, 0.05) is 11.1 Å². The third kappa shape index (κ3) is 5.63. The number of nitrogens with zero attached hydrogens (tertiary/aromatic N) is 1.